The van der Waals surface area contributed by atoms with E-state index in [0.29, 0.717) is 5.56 Å². The Morgan fingerprint density at radius 3 is 2.68 bits per heavy atom. The Labute approximate surface area is 142 Å². The number of rotatable bonds is 6. The molecule has 0 heterocycles. The number of aromatic hydroxyl groups is 1. The molecule has 2 aromatic carbocycles. The highest BCUT2D eigenvalue weighted by molar-refractivity contribution is 7.89. The van der Waals surface area contributed by atoms with Crippen LogP contribution in [0.2, 0.25) is 0 Å². The van der Waals surface area contributed by atoms with Gasteiger partial charge in [-0.15, -0.1) is 0 Å². The largest absolute Gasteiger partial charge is 0.504 e. The molecule has 0 spiro atoms. The summed E-state index contributed by atoms with van der Waals surface area (Å²) in [5.41, 5.74) is 2.18. The molecule has 0 bridgehead atoms. The van der Waals surface area contributed by atoms with Gasteiger partial charge in [0, 0.05) is 11.6 Å². The molecule has 0 aliphatic heterocycles. The van der Waals surface area contributed by atoms with E-state index in [2.05, 4.69) is 10.5 Å². The van der Waals surface area contributed by atoms with E-state index in [9.17, 15) is 23.6 Å². The summed E-state index contributed by atoms with van der Waals surface area (Å²) in [7, 11) is -2.68. The number of hydrazone groups is 1. The van der Waals surface area contributed by atoms with Gasteiger partial charge in [-0.1, -0.05) is 6.07 Å². The average Bonchev–Trinajstić information content (AvgIpc) is 2.55. The number of benzene rings is 2. The number of sulfonamides is 1. The van der Waals surface area contributed by atoms with E-state index in [4.69, 9.17) is 9.88 Å². The number of phenolic OH excluding ortho intramolecular Hbond substituents is 1. The molecule has 0 saturated heterocycles. The van der Waals surface area contributed by atoms with Gasteiger partial charge in [-0.3, -0.25) is 15.5 Å². The van der Waals surface area contributed by atoms with Crippen LogP contribution in [0, 0.1) is 10.1 Å². The zero-order valence-corrected chi connectivity index (χ0v) is 13.7. The van der Waals surface area contributed by atoms with E-state index >= 15 is 0 Å². The van der Waals surface area contributed by atoms with Gasteiger partial charge in [-0.2, -0.15) is 5.10 Å². The second-order valence-electron chi connectivity index (χ2n) is 4.75. The van der Waals surface area contributed by atoms with Crippen molar-refractivity contribution in [3.05, 3.63) is 52.1 Å². The Kier molecular flexibility index (Phi) is 5.20. The topological polar surface area (TPSA) is 157 Å². The van der Waals surface area contributed by atoms with Crippen LogP contribution >= 0.6 is 0 Å². The maximum atomic E-state index is 11.3. The number of hydrogen-bond donors (Lipinski definition) is 3. The van der Waals surface area contributed by atoms with Crippen molar-refractivity contribution in [2.24, 2.45) is 10.2 Å². The predicted molar refractivity (Wildman–Crippen MR) is 90.3 cm³/mol. The minimum absolute atomic E-state index is 0.0453. The van der Waals surface area contributed by atoms with Crippen LogP contribution in [-0.2, 0) is 10.0 Å². The van der Waals surface area contributed by atoms with Gasteiger partial charge in [-0.25, -0.2) is 13.6 Å². The highest BCUT2D eigenvalue weighted by Crippen LogP contribution is 2.29. The Bertz CT molecular complexity index is 942. The van der Waals surface area contributed by atoms with Crippen LogP contribution in [0.3, 0.4) is 0 Å². The zero-order valence-electron chi connectivity index (χ0n) is 12.9. The fourth-order valence-corrected chi connectivity index (χ4v) is 2.45. The number of phenols is 1. The molecule has 0 aliphatic carbocycles. The lowest BCUT2D eigenvalue weighted by atomic mass is 10.2. The standard InChI is InChI=1S/C14H14N4O6S/c1-24-13-4-2-3-9(14(13)19)8-16-17-11-6-5-10(25(15,22)23)7-12(11)18(20)21/h2-8,17,19H,1H3,(H2,15,22,23)/b16-8+. The van der Waals surface area contributed by atoms with Crippen LogP contribution in [0.1, 0.15) is 5.56 Å². The summed E-state index contributed by atoms with van der Waals surface area (Å²) in [6.45, 7) is 0. The number of ether oxygens (including phenoxy) is 1. The third-order valence-electron chi connectivity index (χ3n) is 3.13. The van der Waals surface area contributed by atoms with E-state index in [1.807, 2.05) is 0 Å². The highest BCUT2D eigenvalue weighted by atomic mass is 32.2. The first-order valence-corrected chi connectivity index (χ1v) is 8.25. The van der Waals surface area contributed by atoms with Crippen LogP contribution in [0.5, 0.6) is 11.5 Å². The molecule has 4 N–H and O–H groups in total. The van der Waals surface area contributed by atoms with Gasteiger partial charge in [0.2, 0.25) is 10.0 Å². The molecule has 0 fully saturated rings. The van der Waals surface area contributed by atoms with Gasteiger partial charge in [0.05, 0.1) is 23.1 Å². The molecule has 0 aromatic heterocycles. The molecule has 2 aromatic rings. The molecule has 25 heavy (non-hydrogen) atoms. The van der Waals surface area contributed by atoms with E-state index in [1.54, 1.807) is 18.2 Å². The Hall–Kier alpha value is -3.18. The fraction of sp³-hybridized carbons (Fsp3) is 0.0714. The Balaban J connectivity index is 2.30. The van der Waals surface area contributed by atoms with Gasteiger partial charge in [-0.05, 0) is 24.3 Å². The molecule has 0 radical (unpaired) electrons. The van der Waals surface area contributed by atoms with E-state index in [0.717, 1.165) is 12.1 Å². The third kappa shape index (κ3) is 4.22. The first-order valence-electron chi connectivity index (χ1n) is 6.70. The number of para-hydroxylation sites is 1. The summed E-state index contributed by atoms with van der Waals surface area (Å²) in [6.07, 6.45) is 1.23. The lowest BCUT2D eigenvalue weighted by molar-refractivity contribution is -0.384. The van der Waals surface area contributed by atoms with Gasteiger partial charge >= 0.3 is 0 Å². The number of nitrogens with one attached hydrogen (secondary N) is 1. The Morgan fingerprint density at radius 2 is 2.08 bits per heavy atom. The van der Waals surface area contributed by atoms with Crippen molar-refractivity contribution in [1.82, 2.24) is 0 Å². The van der Waals surface area contributed by atoms with Crippen LogP contribution < -0.4 is 15.3 Å². The lowest BCUT2D eigenvalue weighted by Crippen LogP contribution is -2.12. The van der Waals surface area contributed by atoms with Gasteiger partial charge < -0.3 is 9.84 Å². The summed E-state index contributed by atoms with van der Waals surface area (Å²) in [4.78, 5) is 9.94. The molecule has 0 aliphatic rings. The van der Waals surface area contributed by atoms with Gasteiger partial charge in [0.1, 0.15) is 5.69 Å². The molecule has 10 nitrogen and oxygen atoms in total. The number of nitrogens with two attached hydrogens (primary N) is 1. The Morgan fingerprint density at radius 1 is 1.36 bits per heavy atom. The van der Waals surface area contributed by atoms with E-state index in [1.165, 1.54) is 19.4 Å². The van der Waals surface area contributed by atoms with Crippen LogP contribution in [-0.4, -0.2) is 31.8 Å². The summed E-state index contributed by atoms with van der Waals surface area (Å²) >= 11 is 0. The molecule has 11 heteroatoms. The second-order valence-corrected chi connectivity index (χ2v) is 6.31. The summed E-state index contributed by atoms with van der Waals surface area (Å²) in [5, 5.41) is 29.8. The number of primary sulfonamides is 1. The monoisotopic (exact) mass is 366 g/mol. The predicted octanol–water partition coefficient (Wildman–Crippen LogP) is 1.40. The quantitative estimate of drug-likeness (QED) is 0.396. The SMILES string of the molecule is COc1cccc(/C=N/Nc2ccc(S(N)(=O)=O)cc2[N+](=O)[O-])c1O. The molecule has 0 unspecified atom stereocenters. The molecule has 0 saturated carbocycles. The number of hydrogen-bond acceptors (Lipinski definition) is 8. The minimum atomic E-state index is -4.07. The molecular weight excluding hydrogens is 352 g/mol. The highest BCUT2D eigenvalue weighted by Gasteiger charge is 2.18. The first-order chi connectivity index (χ1) is 11.7. The average molecular weight is 366 g/mol. The number of nitrogens with zero attached hydrogens (tertiary/aromatic N) is 2. The van der Waals surface area contributed by atoms with Crippen molar-refractivity contribution < 1.29 is 23.2 Å². The van der Waals surface area contributed by atoms with E-state index in [-0.39, 0.29) is 22.1 Å². The summed E-state index contributed by atoms with van der Waals surface area (Å²) < 4.78 is 27.5. The zero-order chi connectivity index (χ0) is 18.6. The number of methoxy groups -OCH3 is 1. The van der Waals surface area contributed by atoms with Crippen LogP contribution in [0.4, 0.5) is 11.4 Å². The van der Waals surface area contributed by atoms with Crippen molar-refractivity contribution in [3.8, 4) is 11.5 Å². The molecule has 0 amide bonds. The smallest absolute Gasteiger partial charge is 0.295 e. The normalized spacial score (nSPS) is 11.4. The van der Waals surface area contributed by atoms with Crippen molar-refractivity contribution in [2.45, 2.75) is 4.90 Å². The van der Waals surface area contributed by atoms with Crippen molar-refractivity contribution in [2.75, 3.05) is 12.5 Å². The van der Waals surface area contributed by atoms with Gasteiger partial charge in [0.25, 0.3) is 5.69 Å². The lowest BCUT2D eigenvalue weighted by Gasteiger charge is -2.06. The first kappa shape index (κ1) is 18.2. The minimum Gasteiger partial charge on any atom is -0.504 e. The number of anilines is 1. The van der Waals surface area contributed by atoms with E-state index < -0.39 is 20.6 Å². The summed E-state index contributed by atoms with van der Waals surface area (Å²) in [6, 6.07) is 7.85. The third-order valence-corrected chi connectivity index (χ3v) is 4.04. The number of nitro groups is 1. The van der Waals surface area contributed by atoms with Crippen LogP contribution in [0.15, 0.2) is 46.4 Å². The van der Waals surface area contributed by atoms with Crippen molar-refractivity contribution in [1.29, 1.82) is 0 Å². The maximum Gasteiger partial charge on any atom is 0.295 e. The molecule has 0 atom stereocenters. The summed E-state index contributed by atoms with van der Waals surface area (Å²) in [5.74, 6) is 0.0991. The van der Waals surface area contributed by atoms with Crippen LogP contribution in [0.25, 0.3) is 0 Å². The fourth-order valence-electron chi connectivity index (χ4n) is 1.91. The number of nitro benzene ring substituents is 1. The van der Waals surface area contributed by atoms with Crippen molar-refractivity contribution >= 4 is 27.6 Å². The molecular formula is C14H14N4O6S. The molecule has 2 rings (SSSR count). The van der Waals surface area contributed by atoms with Crippen molar-refractivity contribution in [3.63, 3.8) is 0 Å². The molecule has 132 valence electrons. The van der Waals surface area contributed by atoms with Gasteiger partial charge in [0.15, 0.2) is 11.5 Å². The maximum absolute atomic E-state index is 11.3. The second kappa shape index (κ2) is 7.15.